The second-order valence-corrected chi connectivity index (χ2v) is 10.4. The predicted octanol–water partition coefficient (Wildman–Crippen LogP) is 1.79. The molecule has 1 saturated heterocycles. The number of unbranched alkanes of at least 4 members (excludes halogenated alkanes) is 4. The number of carbonyl (C=O) groups is 5. The quantitative estimate of drug-likeness (QED) is 0.0915. The highest BCUT2D eigenvalue weighted by Crippen LogP contribution is 2.27. The van der Waals surface area contributed by atoms with Gasteiger partial charge in [0.25, 0.3) is 5.91 Å². The summed E-state index contributed by atoms with van der Waals surface area (Å²) in [5.41, 5.74) is 5.84. The molecule has 2 unspecified atom stereocenters. The number of Topliss-reactive ketones (excluding diaryl/α,β-unsaturated/α-hetero) is 1. The third-order valence-electron chi connectivity index (χ3n) is 5.95. The topological polar surface area (TPSA) is 151 Å². The van der Waals surface area contributed by atoms with E-state index in [4.69, 9.17) is 5.73 Å². The van der Waals surface area contributed by atoms with E-state index >= 15 is 0 Å². The molecule has 11 heteroatoms. The summed E-state index contributed by atoms with van der Waals surface area (Å²) < 4.78 is 0. The minimum Gasteiger partial charge on any atom is -0.394 e. The fourth-order valence-corrected chi connectivity index (χ4v) is 4.42. The third kappa shape index (κ3) is 12.0. The van der Waals surface area contributed by atoms with E-state index in [1.54, 1.807) is 7.05 Å². The van der Waals surface area contributed by atoms with Crippen LogP contribution in [0, 0.1) is 5.92 Å². The Balaban J connectivity index is 2.27. The summed E-state index contributed by atoms with van der Waals surface area (Å²) in [6.07, 6.45) is 5.42. The maximum Gasteiger partial charge on any atom is 0.267 e. The van der Waals surface area contributed by atoms with Crippen molar-refractivity contribution in [3.05, 3.63) is 11.1 Å². The van der Waals surface area contributed by atoms with Gasteiger partial charge in [-0.1, -0.05) is 26.7 Å². The summed E-state index contributed by atoms with van der Waals surface area (Å²) in [4.78, 5) is 61.6. The lowest BCUT2D eigenvalue weighted by Crippen LogP contribution is -2.41. The molecule has 0 saturated carbocycles. The number of thioether (sulfide) groups is 1. The highest BCUT2D eigenvalue weighted by Gasteiger charge is 2.38. The van der Waals surface area contributed by atoms with E-state index in [1.165, 1.54) is 10.3 Å². The molecule has 1 fully saturated rings. The first-order chi connectivity index (χ1) is 17.1. The number of imide groups is 1. The van der Waals surface area contributed by atoms with Crippen LogP contribution >= 0.6 is 11.8 Å². The summed E-state index contributed by atoms with van der Waals surface area (Å²) >= 11 is 1.09. The monoisotopic (exact) mass is 525 g/mol. The predicted molar refractivity (Wildman–Crippen MR) is 141 cm³/mol. The molecular weight excluding hydrogens is 482 g/mol. The number of amides is 4. The van der Waals surface area contributed by atoms with Crippen molar-refractivity contribution in [1.29, 1.82) is 0 Å². The zero-order valence-corrected chi connectivity index (χ0v) is 22.9. The Morgan fingerprint density at radius 1 is 1.06 bits per heavy atom. The van der Waals surface area contributed by atoms with Gasteiger partial charge in [-0.15, -0.1) is 11.8 Å². The Hall–Kier alpha value is -2.40. The lowest BCUT2D eigenvalue weighted by Gasteiger charge is -2.14. The van der Waals surface area contributed by atoms with E-state index in [-0.39, 0.29) is 47.7 Å². The Kier molecular flexibility index (Phi) is 15.0. The van der Waals surface area contributed by atoms with Crippen molar-refractivity contribution in [2.75, 3.05) is 20.1 Å². The van der Waals surface area contributed by atoms with Crippen molar-refractivity contribution in [3.8, 4) is 0 Å². The number of rotatable bonds is 18. The van der Waals surface area contributed by atoms with E-state index in [0.717, 1.165) is 43.9 Å². The standard InChI is InChI=1S/C25H43N5O5S/c1-17(2)20(31)11-7-6-10-14-30-23(33)15-21(25(30)35)36-16-19(26)24(34)28-13-9-5-8-12-22(32)29-18(3)27-4/h16-18,21,27H,5-15,26H2,1-4H3,(H,28,34)(H,29,32)/b19-16-. The first-order valence-corrected chi connectivity index (χ1v) is 13.7. The van der Waals surface area contributed by atoms with Gasteiger partial charge in [-0.25, -0.2) is 0 Å². The van der Waals surface area contributed by atoms with E-state index in [0.29, 0.717) is 32.4 Å². The van der Waals surface area contributed by atoms with Crippen molar-refractivity contribution in [2.24, 2.45) is 11.7 Å². The van der Waals surface area contributed by atoms with Crippen LogP contribution in [0.1, 0.15) is 78.6 Å². The highest BCUT2D eigenvalue weighted by molar-refractivity contribution is 8.03. The second-order valence-electron chi connectivity index (χ2n) is 9.36. The number of ketones is 1. The fraction of sp³-hybridized carbons (Fsp3) is 0.720. The van der Waals surface area contributed by atoms with E-state index in [9.17, 15) is 24.0 Å². The molecule has 36 heavy (non-hydrogen) atoms. The maximum absolute atomic E-state index is 12.6. The van der Waals surface area contributed by atoms with Gasteiger partial charge >= 0.3 is 0 Å². The average Bonchev–Trinajstić information content (AvgIpc) is 3.11. The molecule has 1 aliphatic heterocycles. The van der Waals surface area contributed by atoms with Gasteiger partial charge in [-0.2, -0.15) is 0 Å². The molecule has 204 valence electrons. The summed E-state index contributed by atoms with van der Waals surface area (Å²) in [7, 11) is 1.77. The Morgan fingerprint density at radius 2 is 1.72 bits per heavy atom. The van der Waals surface area contributed by atoms with E-state index < -0.39 is 11.2 Å². The molecule has 1 aliphatic rings. The SMILES string of the molecule is CNC(C)NC(=O)CCCCCNC(=O)/C(N)=C/SC1CC(=O)N(CCCCCC(=O)C(C)C)C1=O. The summed E-state index contributed by atoms with van der Waals surface area (Å²) in [5, 5.41) is 9.33. The van der Waals surface area contributed by atoms with Gasteiger partial charge in [0.1, 0.15) is 11.5 Å². The molecule has 0 aromatic heterocycles. The molecule has 4 amide bonds. The number of hydrogen-bond acceptors (Lipinski definition) is 8. The van der Waals surface area contributed by atoms with Gasteiger partial charge in [0.05, 0.1) is 11.4 Å². The lowest BCUT2D eigenvalue weighted by molar-refractivity contribution is -0.138. The zero-order valence-electron chi connectivity index (χ0n) is 22.1. The molecule has 0 aromatic carbocycles. The smallest absolute Gasteiger partial charge is 0.267 e. The average molecular weight is 526 g/mol. The normalized spacial score (nSPS) is 17.0. The second kappa shape index (κ2) is 17.1. The number of hydrogen-bond donors (Lipinski definition) is 4. The van der Waals surface area contributed by atoms with Crippen LogP contribution in [0.4, 0.5) is 0 Å². The summed E-state index contributed by atoms with van der Waals surface area (Å²) in [6.45, 7) is 6.40. The van der Waals surface area contributed by atoms with Crippen molar-refractivity contribution in [2.45, 2.75) is 90.0 Å². The molecule has 2 atom stereocenters. The zero-order chi connectivity index (χ0) is 27.1. The number of nitrogens with one attached hydrogen (secondary N) is 3. The Bertz CT molecular complexity index is 802. The van der Waals surface area contributed by atoms with E-state index in [2.05, 4.69) is 16.0 Å². The molecule has 0 aliphatic carbocycles. The van der Waals surface area contributed by atoms with Crippen LogP contribution in [0.15, 0.2) is 11.1 Å². The van der Waals surface area contributed by atoms with Gasteiger partial charge in [0.15, 0.2) is 0 Å². The van der Waals surface area contributed by atoms with Crippen LogP contribution in [0.25, 0.3) is 0 Å². The maximum atomic E-state index is 12.6. The van der Waals surface area contributed by atoms with Crippen LogP contribution in [0.2, 0.25) is 0 Å². The van der Waals surface area contributed by atoms with Gasteiger partial charge in [0.2, 0.25) is 17.7 Å². The third-order valence-corrected chi connectivity index (χ3v) is 7.04. The molecule has 0 aromatic rings. The van der Waals surface area contributed by atoms with Crippen molar-refractivity contribution in [3.63, 3.8) is 0 Å². The van der Waals surface area contributed by atoms with Crippen molar-refractivity contribution < 1.29 is 24.0 Å². The fourth-order valence-electron chi connectivity index (χ4n) is 3.51. The van der Waals surface area contributed by atoms with Gasteiger partial charge in [-0.3, -0.25) is 28.9 Å². The highest BCUT2D eigenvalue weighted by atomic mass is 32.2. The molecule has 0 radical (unpaired) electrons. The van der Waals surface area contributed by atoms with Crippen LogP contribution in [-0.4, -0.2) is 65.9 Å². The van der Waals surface area contributed by atoms with Gasteiger partial charge in [-0.05, 0) is 39.7 Å². The lowest BCUT2D eigenvalue weighted by atomic mass is 10.0. The molecule has 1 heterocycles. The van der Waals surface area contributed by atoms with Gasteiger partial charge < -0.3 is 21.7 Å². The number of nitrogens with zero attached hydrogens (tertiary/aromatic N) is 1. The Labute approximate surface area is 218 Å². The molecule has 10 nitrogen and oxygen atoms in total. The number of carbonyl (C=O) groups excluding carboxylic acids is 5. The molecule has 1 rings (SSSR count). The first kappa shape index (κ1) is 31.6. The summed E-state index contributed by atoms with van der Waals surface area (Å²) in [5.74, 6) is -0.659. The largest absolute Gasteiger partial charge is 0.394 e. The minimum atomic E-state index is -0.580. The van der Waals surface area contributed by atoms with Crippen LogP contribution in [0.3, 0.4) is 0 Å². The number of nitrogens with two attached hydrogens (primary N) is 1. The van der Waals surface area contributed by atoms with Crippen LogP contribution < -0.4 is 21.7 Å². The van der Waals surface area contributed by atoms with Crippen molar-refractivity contribution in [1.82, 2.24) is 20.9 Å². The summed E-state index contributed by atoms with van der Waals surface area (Å²) in [6, 6.07) is 0. The molecule has 0 spiro atoms. The van der Waals surface area contributed by atoms with Crippen molar-refractivity contribution >= 4 is 41.2 Å². The molecule has 5 N–H and O–H groups in total. The Morgan fingerprint density at radius 3 is 2.39 bits per heavy atom. The van der Waals surface area contributed by atoms with Crippen LogP contribution in [-0.2, 0) is 24.0 Å². The number of likely N-dealkylation sites (tertiary alicyclic amines) is 1. The molecular formula is C25H43N5O5S. The van der Waals surface area contributed by atoms with E-state index in [1.807, 2.05) is 20.8 Å². The van der Waals surface area contributed by atoms with Crippen LogP contribution in [0.5, 0.6) is 0 Å². The van der Waals surface area contributed by atoms with Gasteiger partial charge in [0, 0.05) is 43.7 Å². The first-order valence-electron chi connectivity index (χ1n) is 12.8. The molecule has 0 bridgehead atoms. The minimum absolute atomic E-state index is 0.00560.